The molecule has 3 rings (SSSR count). The molecule has 3 aromatic rings. The Kier molecular flexibility index (Phi) is 3.61. The zero-order valence-electron chi connectivity index (χ0n) is 11.6. The van der Waals surface area contributed by atoms with Crippen molar-refractivity contribution in [1.29, 1.82) is 0 Å². The van der Waals surface area contributed by atoms with Gasteiger partial charge in [0.25, 0.3) is 0 Å². The van der Waals surface area contributed by atoms with Crippen molar-refractivity contribution in [2.24, 2.45) is 0 Å². The fraction of sp³-hybridized carbons (Fsp3) is 0.231. The summed E-state index contributed by atoms with van der Waals surface area (Å²) >= 11 is 1.40. The molecule has 0 amide bonds. The van der Waals surface area contributed by atoms with E-state index in [9.17, 15) is 0 Å². The van der Waals surface area contributed by atoms with Gasteiger partial charge in [-0.05, 0) is 25.5 Å². The molecule has 7 nitrogen and oxygen atoms in total. The van der Waals surface area contributed by atoms with Gasteiger partial charge in [-0.2, -0.15) is 0 Å². The maximum absolute atomic E-state index is 5.79. The maximum atomic E-state index is 5.79. The molecule has 21 heavy (non-hydrogen) atoms. The van der Waals surface area contributed by atoms with Gasteiger partial charge < -0.3 is 10.3 Å². The van der Waals surface area contributed by atoms with Crippen LogP contribution in [0, 0.1) is 13.8 Å². The number of nitrogens with zero attached hydrogens (tertiary/aromatic N) is 5. The van der Waals surface area contributed by atoms with Crippen LogP contribution in [0.25, 0.3) is 11.5 Å². The second kappa shape index (κ2) is 5.57. The lowest BCUT2D eigenvalue weighted by Gasteiger charge is -1.99. The summed E-state index contributed by atoms with van der Waals surface area (Å²) in [6.45, 7) is 3.80. The summed E-state index contributed by atoms with van der Waals surface area (Å²) < 4.78 is 7.11. The van der Waals surface area contributed by atoms with Gasteiger partial charge in [0.1, 0.15) is 5.82 Å². The second-order valence-corrected chi connectivity index (χ2v) is 5.45. The van der Waals surface area contributed by atoms with Crippen LogP contribution in [0.3, 0.4) is 0 Å². The molecule has 108 valence electrons. The van der Waals surface area contributed by atoms with E-state index in [0.29, 0.717) is 28.5 Å². The number of benzene rings is 1. The number of thioether (sulfide) groups is 1. The zero-order chi connectivity index (χ0) is 14.8. The van der Waals surface area contributed by atoms with Crippen molar-refractivity contribution in [2.45, 2.75) is 24.8 Å². The monoisotopic (exact) mass is 302 g/mol. The van der Waals surface area contributed by atoms with Crippen molar-refractivity contribution in [3.05, 3.63) is 41.5 Å². The predicted molar refractivity (Wildman–Crippen MR) is 78.9 cm³/mol. The first kappa shape index (κ1) is 13.6. The van der Waals surface area contributed by atoms with Crippen LogP contribution in [0.5, 0.6) is 0 Å². The van der Waals surface area contributed by atoms with E-state index in [1.54, 1.807) is 6.92 Å². The van der Waals surface area contributed by atoms with E-state index in [4.69, 9.17) is 10.3 Å². The summed E-state index contributed by atoms with van der Waals surface area (Å²) in [6.07, 6.45) is 0. The van der Waals surface area contributed by atoms with Crippen molar-refractivity contribution >= 4 is 11.8 Å². The maximum Gasteiger partial charge on any atom is 0.248 e. The van der Waals surface area contributed by atoms with Crippen molar-refractivity contribution in [2.75, 3.05) is 5.84 Å². The van der Waals surface area contributed by atoms with Crippen molar-refractivity contribution in [3.8, 4) is 11.5 Å². The van der Waals surface area contributed by atoms with Gasteiger partial charge in [0.05, 0.1) is 5.75 Å². The summed E-state index contributed by atoms with van der Waals surface area (Å²) in [5.41, 5.74) is 2.04. The minimum atomic E-state index is 0.494. The molecule has 0 atom stereocenters. The molecule has 0 fully saturated rings. The summed E-state index contributed by atoms with van der Waals surface area (Å²) in [5, 5.41) is 16.6. The molecule has 2 heterocycles. The molecule has 0 saturated carbocycles. The fourth-order valence-corrected chi connectivity index (χ4v) is 2.55. The Hall–Kier alpha value is -2.35. The quantitative estimate of drug-likeness (QED) is 0.581. The minimum absolute atomic E-state index is 0.494. The normalized spacial score (nSPS) is 11.0. The van der Waals surface area contributed by atoms with Crippen LogP contribution < -0.4 is 5.84 Å². The smallest absolute Gasteiger partial charge is 0.248 e. The van der Waals surface area contributed by atoms with Crippen LogP contribution in [-0.2, 0) is 5.75 Å². The van der Waals surface area contributed by atoms with E-state index < -0.39 is 0 Å². The molecule has 0 bridgehead atoms. The van der Waals surface area contributed by atoms with Crippen molar-refractivity contribution in [3.63, 3.8) is 0 Å². The van der Waals surface area contributed by atoms with Gasteiger partial charge in [0.2, 0.25) is 16.9 Å². The lowest BCUT2D eigenvalue weighted by Crippen LogP contribution is -2.11. The summed E-state index contributed by atoms with van der Waals surface area (Å²) in [6, 6.07) is 7.89. The highest BCUT2D eigenvalue weighted by molar-refractivity contribution is 7.98. The third-order valence-electron chi connectivity index (χ3n) is 3.00. The average Bonchev–Trinajstić information content (AvgIpc) is 3.06. The van der Waals surface area contributed by atoms with Gasteiger partial charge in [-0.25, -0.2) is 4.68 Å². The lowest BCUT2D eigenvalue weighted by atomic mass is 10.1. The number of nitrogens with two attached hydrogens (primary N) is 1. The first-order valence-corrected chi connectivity index (χ1v) is 7.32. The van der Waals surface area contributed by atoms with E-state index in [0.717, 1.165) is 11.1 Å². The number of hydrogen-bond donors (Lipinski definition) is 1. The van der Waals surface area contributed by atoms with Crippen LogP contribution in [0.2, 0.25) is 0 Å². The highest BCUT2D eigenvalue weighted by atomic mass is 32.2. The zero-order valence-corrected chi connectivity index (χ0v) is 12.5. The Morgan fingerprint density at radius 1 is 1.14 bits per heavy atom. The molecule has 0 aliphatic rings. The third kappa shape index (κ3) is 2.75. The van der Waals surface area contributed by atoms with E-state index in [1.165, 1.54) is 16.4 Å². The summed E-state index contributed by atoms with van der Waals surface area (Å²) in [5.74, 6) is 7.99. The van der Waals surface area contributed by atoms with Gasteiger partial charge in [0.15, 0.2) is 0 Å². The Labute approximate surface area is 125 Å². The molecule has 8 heteroatoms. The van der Waals surface area contributed by atoms with Crippen LogP contribution in [0.15, 0.2) is 33.8 Å². The third-order valence-corrected chi connectivity index (χ3v) is 3.93. The first-order valence-electron chi connectivity index (χ1n) is 6.33. The Morgan fingerprint density at radius 2 is 1.95 bits per heavy atom. The largest absolute Gasteiger partial charge is 0.420 e. The van der Waals surface area contributed by atoms with Crippen LogP contribution in [-0.4, -0.2) is 25.1 Å². The summed E-state index contributed by atoms with van der Waals surface area (Å²) in [7, 11) is 0. The SMILES string of the molecule is Cc1ccccc1-c1nnc(CSc2nnc(C)n2N)o1. The van der Waals surface area contributed by atoms with Crippen LogP contribution in [0.1, 0.15) is 17.3 Å². The molecular formula is C13H14N6OS. The number of hydrogen-bond acceptors (Lipinski definition) is 7. The van der Waals surface area contributed by atoms with Crippen molar-refractivity contribution in [1.82, 2.24) is 25.1 Å². The van der Waals surface area contributed by atoms with E-state index in [-0.39, 0.29) is 0 Å². The topological polar surface area (TPSA) is 95.7 Å². The molecule has 2 aromatic heterocycles. The fourth-order valence-electron chi connectivity index (χ4n) is 1.81. The van der Waals surface area contributed by atoms with Crippen LogP contribution >= 0.6 is 11.8 Å². The Bertz CT molecular complexity index is 766. The van der Waals surface area contributed by atoms with E-state index >= 15 is 0 Å². The Balaban J connectivity index is 1.74. The average molecular weight is 302 g/mol. The molecule has 1 aromatic carbocycles. The molecule has 0 radical (unpaired) electrons. The molecule has 0 spiro atoms. The van der Waals surface area contributed by atoms with Gasteiger partial charge in [-0.3, -0.25) is 0 Å². The summed E-state index contributed by atoms with van der Waals surface area (Å²) in [4.78, 5) is 0. The molecule has 0 aliphatic heterocycles. The number of rotatable bonds is 4. The molecule has 0 unspecified atom stereocenters. The van der Waals surface area contributed by atoms with Gasteiger partial charge in [0, 0.05) is 5.56 Å². The van der Waals surface area contributed by atoms with Crippen molar-refractivity contribution < 1.29 is 4.42 Å². The van der Waals surface area contributed by atoms with Gasteiger partial charge >= 0.3 is 0 Å². The molecule has 0 aliphatic carbocycles. The number of aromatic nitrogens is 5. The Morgan fingerprint density at radius 3 is 2.67 bits per heavy atom. The minimum Gasteiger partial charge on any atom is -0.420 e. The number of nitrogen functional groups attached to an aromatic ring is 1. The van der Waals surface area contributed by atoms with Crippen LogP contribution in [0.4, 0.5) is 0 Å². The number of aryl methyl sites for hydroxylation is 2. The standard InChI is InChI=1S/C13H14N6OS/c1-8-5-3-4-6-10(8)12-17-16-11(20-12)7-21-13-18-15-9(2)19(13)14/h3-6H,7,14H2,1-2H3. The molecular weight excluding hydrogens is 288 g/mol. The van der Waals surface area contributed by atoms with Gasteiger partial charge in [-0.15, -0.1) is 20.4 Å². The highest BCUT2D eigenvalue weighted by Gasteiger charge is 2.13. The molecule has 2 N–H and O–H groups in total. The predicted octanol–water partition coefficient (Wildman–Crippen LogP) is 1.95. The second-order valence-electron chi connectivity index (χ2n) is 4.50. The van der Waals surface area contributed by atoms with E-state index in [1.807, 2.05) is 31.2 Å². The first-order chi connectivity index (χ1) is 10.1. The van der Waals surface area contributed by atoms with Gasteiger partial charge in [-0.1, -0.05) is 30.0 Å². The lowest BCUT2D eigenvalue weighted by molar-refractivity contribution is 0.528. The highest BCUT2D eigenvalue weighted by Crippen LogP contribution is 2.24. The molecule has 0 saturated heterocycles. The van der Waals surface area contributed by atoms with E-state index in [2.05, 4.69) is 20.4 Å².